The van der Waals surface area contributed by atoms with Gasteiger partial charge in [0.25, 0.3) is 0 Å². The summed E-state index contributed by atoms with van der Waals surface area (Å²) in [5, 5.41) is 18.5. The maximum Gasteiger partial charge on any atom is 0.128 e. The summed E-state index contributed by atoms with van der Waals surface area (Å²) in [6.07, 6.45) is 6.52. The summed E-state index contributed by atoms with van der Waals surface area (Å²) >= 11 is 0. The summed E-state index contributed by atoms with van der Waals surface area (Å²) in [7, 11) is 1.87. The first kappa shape index (κ1) is 10.4. The number of rotatable bonds is 1. The molecule has 0 saturated heterocycles. The summed E-state index contributed by atoms with van der Waals surface area (Å²) in [6, 6.07) is 0. The fourth-order valence-electron chi connectivity index (χ4n) is 2.17. The molecule has 0 spiro atoms. The third kappa shape index (κ3) is 1.69. The van der Waals surface area contributed by atoms with Crippen molar-refractivity contribution in [1.29, 1.82) is 0 Å². The van der Waals surface area contributed by atoms with E-state index in [0.717, 1.165) is 31.4 Å². The molecule has 1 heterocycles. The second-order valence-corrected chi connectivity index (χ2v) is 4.20. The molecule has 0 fully saturated rings. The van der Waals surface area contributed by atoms with E-state index >= 15 is 0 Å². The van der Waals surface area contributed by atoms with E-state index in [9.17, 15) is 5.11 Å². The molecule has 15 heavy (non-hydrogen) atoms. The Bertz CT molecular complexity index is 372. The third-order valence-corrected chi connectivity index (χ3v) is 3.16. The SMILES string of the molecule is C=CC1(O)CCCCCc2c1nnn2C. The van der Waals surface area contributed by atoms with Crippen LogP contribution in [-0.2, 0) is 19.1 Å². The van der Waals surface area contributed by atoms with Crippen LogP contribution in [0.5, 0.6) is 0 Å². The lowest BCUT2D eigenvalue weighted by atomic mass is 9.87. The highest BCUT2D eigenvalue weighted by atomic mass is 16.3. The van der Waals surface area contributed by atoms with Crippen molar-refractivity contribution in [2.24, 2.45) is 7.05 Å². The summed E-state index contributed by atoms with van der Waals surface area (Å²) in [5.74, 6) is 0. The van der Waals surface area contributed by atoms with Gasteiger partial charge in [0.1, 0.15) is 11.3 Å². The smallest absolute Gasteiger partial charge is 0.128 e. The van der Waals surface area contributed by atoms with Gasteiger partial charge in [-0.3, -0.25) is 4.68 Å². The van der Waals surface area contributed by atoms with E-state index in [4.69, 9.17) is 0 Å². The van der Waals surface area contributed by atoms with Crippen LogP contribution in [0.25, 0.3) is 0 Å². The number of hydrogen-bond acceptors (Lipinski definition) is 3. The van der Waals surface area contributed by atoms with Gasteiger partial charge in [0, 0.05) is 7.05 Å². The first-order valence-corrected chi connectivity index (χ1v) is 5.42. The number of fused-ring (bicyclic) bond motifs is 1. The maximum absolute atomic E-state index is 10.4. The topological polar surface area (TPSA) is 50.9 Å². The molecule has 0 aromatic carbocycles. The Morgan fingerprint density at radius 2 is 2.27 bits per heavy atom. The van der Waals surface area contributed by atoms with E-state index in [2.05, 4.69) is 16.9 Å². The highest BCUT2D eigenvalue weighted by molar-refractivity contribution is 5.24. The predicted molar refractivity (Wildman–Crippen MR) is 57.3 cm³/mol. The molecule has 1 unspecified atom stereocenters. The lowest BCUT2D eigenvalue weighted by molar-refractivity contribution is 0.0692. The van der Waals surface area contributed by atoms with Crippen molar-refractivity contribution in [2.45, 2.75) is 37.7 Å². The van der Waals surface area contributed by atoms with Crippen LogP contribution in [0, 0.1) is 0 Å². The van der Waals surface area contributed by atoms with E-state index in [0.29, 0.717) is 12.1 Å². The Balaban J connectivity index is 2.48. The number of hydrogen-bond donors (Lipinski definition) is 1. The molecule has 1 aliphatic carbocycles. The maximum atomic E-state index is 10.4. The van der Waals surface area contributed by atoms with Crippen LogP contribution < -0.4 is 0 Å². The molecule has 0 saturated carbocycles. The normalized spacial score (nSPS) is 26.5. The number of aryl methyl sites for hydroxylation is 1. The average Bonchev–Trinajstić information content (AvgIpc) is 2.57. The highest BCUT2D eigenvalue weighted by Gasteiger charge is 2.33. The minimum absolute atomic E-state index is 0.694. The Hall–Kier alpha value is -1.16. The van der Waals surface area contributed by atoms with Gasteiger partial charge in [0.15, 0.2) is 0 Å². The van der Waals surface area contributed by atoms with Gasteiger partial charge in [-0.25, -0.2) is 0 Å². The largest absolute Gasteiger partial charge is 0.379 e. The molecule has 0 radical (unpaired) electrons. The second-order valence-electron chi connectivity index (χ2n) is 4.20. The quantitative estimate of drug-likeness (QED) is 0.706. The van der Waals surface area contributed by atoms with Crippen LogP contribution in [0.3, 0.4) is 0 Å². The van der Waals surface area contributed by atoms with Crippen molar-refractivity contribution in [3.8, 4) is 0 Å². The van der Waals surface area contributed by atoms with Crippen molar-refractivity contribution in [3.05, 3.63) is 24.0 Å². The summed E-state index contributed by atoms with van der Waals surface area (Å²) in [6.45, 7) is 3.71. The predicted octanol–water partition coefficient (Wildman–Crippen LogP) is 1.31. The van der Waals surface area contributed by atoms with Gasteiger partial charge in [0.05, 0.1) is 5.69 Å². The standard InChI is InChI=1S/C11H17N3O/c1-3-11(15)8-6-4-5-7-9-10(11)12-13-14(9)2/h3,15H,1,4-8H2,2H3. The fourth-order valence-corrected chi connectivity index (χ4v) is 2.17. The lowest BCUT2D eigenvalue weighted by Gasteiger charge is -2.25. The summed E-state index contributed by atoms with van der Waals surface area (Å²) in [4.78, 5) is 0. The molecular formula is C11H17N3O. The molecule has 1 aliphatic rings. The van der Waals surface area contributed by atoms with Crippen molar-refractivity contribution in [1.82, 2.24) is 15.0 Å². The molecule has 0 aliphatic heterocycles. The molecule has 4 nitrogen and oxygen atoms in total. The van der Waals surface area contributed by atoms with E-state index in [-0.39, 0.29) is 0 Å². The van der Waals surface area contributed by atoms with E-state index in [1.165, 1.54) is 0 Å². The van der Waals surface area contributed by atoms with Crippen LogP contribution in [0.1, 0.15) is 37.1 Å². The van der Waals surface area contributed by atoms with Gasteiger partial charge >= 0.3 is 0 Å². The number of nitrogens with zero attached hydrogens (tertiary/aromatic N) is 3. The van der Waals surface area contributed by atoms with E-state index in [1.807, 2.05) is 7.05 Å². The van der Waals surface area contributed by atoms with E-state index < -0.39 is 5.60 Å². The van der Waals surface area contributed by atoms with Crippen LogP contribution in [-0.4, -0.2) is 20.1 Å². The van der Waals surface area contributed by atoms with Gasteiger partial charge < -0.3 is 5.11 Å². The highest BCUT2D eigenvalue weighted by Crippen LogP contribution is 2.32. The van der Waals surface area contributed by atoms with E-state index in [1.54, 1.807) is 10.8 Å². The second kappa shape index (κ2) is 3.77. The molecule has 2 rings (SSSR count). The van der Waals surface area contributed by atoms with Crippen molar-refractivity contribution < 1.29 is 5.11 Å². The molecular weight excluding hydrogens is 190 g/mol. The molecule has 0 bridgehead atoms. The molecule has 1 aromatic rings. The third-order valence-electron chi connectivity index (χ3n) is 3.16. The van der Waals surface area contributed by atoms with Gasteiger partial charge in [0.2, 0.25) is 0 Å². The van der Waals surface area contributed by atoms with Crippen LogP contribution in [0.2, 0.25) is 0 Å². The summed E-state index contributed by atoms with van der Waals surface area (Å²) in [5.41, 5.74) is 0.751. The number of aliphatic hydroxyl groups is 1. The monoisotopic (exact) mass is 207 g/mol. The van der Waals surface area contributed by atoms with Crippen LogP contribution in [0.15, 0.2) is 12.7 Å². The van der Waals surface area contributed by atoms with Crippen molar-refractivity contribution >= 4 is 0 Å². The Morgan fingerprint density at radius 3 is 3.00 bits per heavy atom. The van der Waals surface area contributed by atoms with Crippen LogP contribution in [0.4, 0.5) is 0 Å². The van der Waals surface area contributed by atoms with Gasteiger partial charge in [-0.1, -0.05) is 24.3 Å². The molecule has 0 amide bonds. The van der Waals surface area contributed by atoms with Crippen molar-refractivity contribution in [3.63, 3.8) is 0 Å². The van der Waals surface area contributed by atoms with Crippen molar-refractivity contribution in [2.75, 3.05) is 0 Å². The Labute approximate surface area is 89.6 Å². The minimum atomic E-state index is -0.982. The Kier molecular flexibility index (Phi) is 2.61. The minimum Gasteiger partial charge on any atom is -0.379 e. The van der Waals surface area contributed by atoms with Gasteiger partial charge in [-0.05, 0) is 25.7 Å². The van der Waals surface area contributed by atoms with Gasteiger partial charge in [-0.2, -0.15) is 0 Å². The fraction of sp³-hybridized carbons (Fsp3) is 0.636. The van der Waals surface area contributed by atoms with Gasteiger partial charge in [-0.15, -0.1) is 5.10 Å². The molecule has 82 valence electrons. The first-order chi connectivity index (χ1) is 7.17. The Morgan fingerprint density at radius 1 is 1.47 bits per heavy atom. The first-order valence-electron chi connectivity index (χ1n) is 5.42. The zero-order chi connectivity index (χ0) is 10.9. The molecule has 1 N–H and O–H groups in total. The summed E-state index contributed by atoms with van der Waals surface area (Å²) < 4.78 is 1.76. The molecule has 1 aromatic heterocycles. The lowest BCUT2D eigenvalue weighted by Crippen LogP contribution is -2.26. The molecule has 1 atom stereocenters. The number of aromatic nitrogens is 3. The van der Waals surface area contributed by atoms with Crippen LogP contribution >= 0.6 is 0 Å². The average molecular weight is 207 g/mol. The zero-order valence-corrected chi connectivity index (χ0v) is 9.11. The molecule has 4 heteroatoms. The zero-order valence-electron chi connectivity index (χ0n) is 9.11.